The Hall–Kier alpha value is -1.82. The molecule has 0 bridgehead atoms. The lowest BCUT2D eigenvalue weighted by Gasteiger charge is -2.13. The Bertz CT molecular complexity index is 550. The van der Waals surface area contributed by atoms with Crippen LogP contribution in [0.2, 0.25) is 0 Å². The van der Waals surface area contributed by atoms with Gasteiger partial charge in [0.2, 0.25) is 11.8 Å². The van der Waals surface area contributed by atoms with Gasteiger partial charge < -0.3 is 5.32 Å². The molecule has 0 spiro atoms. The number of rotatable bonds is 4. The number of hydrogen-bond donors (Lipinski definition) is 1. The Morgan fingerprint density at radius 3 is 2.50 bits per heavy atom. The first-order chi connectivity index (χ1) is 9.63. The highest BCUT2D eigenvalue weighted by Gasteiger charge is 2.30. The molecule has 0 aromatic heterocycles. The molecule has 1 saturated heterocycles. The normalized spacial score (nSPS) is 18.5. The molecule has 2 aliphatic rings. The van der Waals surface area contributed by atoms with Gasteiger partial charge in [0.05, 0.1) is 12.3 Å². The smallest absolute Gasteiger partial charge is 0.289 e. The molecule has 1 aromatic rings. The molecule has 0 radical (unpaired) electrons. The van der Waals surface area contributed by atoms with Crippen LogP contribution in [0, 0.1) is 5.92 Å². The summed E-state index contributed by atoms with van der Waals surface area (Å²) < 4.78 is 0. The predicted octanol–water partition coefficient (Wildman–Crippen LogP) is 2.23. The number of nitrogens with zero attached hydrogens (tertiary/aromatic N) is 1. The second-order valence-corrected chi connectivity index (χ2v) is 5.92. The molecule has 1 aliphatic carbocycles. The first kappa shape index (κ1) is 13.2. The Morgan fingerprint density at radius 1 is 1.25 bits per heavy atom. The molecule has 0 unspecified atom stereocenters. The van der Waals surface area contributed by atoms with Crippen molar-refractivity contribution in [3.63, 3.8) is 0 Å². The van der Waals surface area contributed by atoms with E-state index >= 15 is 0 Å². The van der Waals surface area contributed by atoms with Gasteiger partial charge in [-0.3, -0.25) is 19.3 Å². The lowest BCUT2D eigenvalue weighted by Crippen LogP contribution is -2.27. The Balaban J connectivity index is 1.62. The largest absolute Gasteiger partial charge is 0.326 e. The lowest BCUT2D eigenvalue weighted by molar-refractivity contribution is -0.125. The summed E-state index contributed by atoms with van der Waals surface area (Å²) in [7, 11) is 0. The lowest BCUT2D eigenvalue weighted by atomic mass is 10.2. The summed E-state index contributed by atoms with van der Waals surface area (Å²) in [5.41, 5.74) is 1.62. The average molecular weight is 290 g/mol. The second-order valence-electron chi connectivity index (χ2n) is 4.99. The maximum atomic E-state index is 11.6. The van der Waals surface area contributed by atoms with Crippen LogP contribution >= 0.6 is 11.8 Å². The number of anilines is 1. The molecule has 1 aromatic carbocycles. The van der Waals surface area contributed by atoms with Gasteiger partial charge in [0, 0.05) is 11.6 Å². The number of carbonyl (C=O) groups is 3. The maximum Gasteiger partial charge on any atom is 0.289 e. The molecule has 6 heteroatoms. The third-order valence-corrected chi connectivity index (χ3v) is 4.21. The fourth-order valence-corrected chi connectivity index (χ4v) is 2.72. The van der Waals surface area contributed by atoms with Gasteiger partial charge in [-0.05, 0) is 30.5 Å². The second kappa shape index (κ2) is 5.28. The maximum absolute atomic E-state index is 11.6. The fraction of sp³-hybridized carbons (Fsp3) is 0.357. The molecule has 3 rings (SSSR count). The van der Waals surface area contributed by atoms with Crippen LogP contribution in [0.25, 0.3) is 0 Å². The summed E-state index contributed by atoms with van der Waals surface area (Å²) in [5, 5.41) is 2.66. The quantitative estimate of drug-likeness (QED) is 0.923. The zero-order valence-corrected chi connectivity index (χ0v) is 11.6. The molecule has 1 heterocycles. The topological polar surface area (TPSA) is 66.5 Å². The van der Waals surface area contributed by atoms with E-state index in [1.807, 2.05) is 12.1 Å². The van der Waals surface area contributed by atoms with Crippen molar-refractivity contribution in [1.29, 1.82) is 0 Å². The van der Waals surface area contributed by atoms with E-state index in [0.29, 0.717) is 6.54 Å². The third kappa shape index (κ3) is 2.85. The van der Waals surface area contributed by atoms with Gasteiger partial charge in [-0.25, -0.2) is 0 Å². The summed E-state index contributed by atoms with van der Waals surface area (Å²) in [6.07, 6.45) is 1.95. The van der Waals surface area contributed by atoms with Gasteiger partial charge in [0.15, 0.2) is 0 Å². The molecule has 1 N–H and O–H groups in total. The number of imide groups is 1. The van der Waals surface area contributed by atoms with Gasteiger partial charge >= 0.3 is 0 Å². The van der Waals surface area contributed by atoms with Crippen molar-refractivity contribution < 1.29 is 14.4 Å². The van der Waals surface area contributed by atoms with Crippen molar-refractivity contribution in [2.24, 2.45) is 5.92 Å². The van der Waals surface area contributed by atoms with Gasteiger partial charge in [-0.2, -0.15) is 0 Å². The van der Waals surface area contributed by atoms with Gasteiger partial charge in [-0.1, -0.05) is 23.9 Å². The number of amides is 3. The fourth-order valence-electron chi connectivity index (χ4n) is 2.00. The van der Waals surface area contributed by atoms with E-state index in [1.54, 1.807) is 12.1 Å². The molecular formula is C14H14N2O3S. The Morgan fingerprint density at radius 2 is 1.95 bits per heavy atom. The standard InChI is InChI=1S/C14H14N2O3S/c17-12-8-20-14(19)16(12)7-9-1-5-11(6-2-9)15-13(18)10-3-4-10/h1-2,5-6,10H,3-4,7-8H2,(H,15,18). The number of thioether (sulfide) groups is 1. The van der Waals surface area contributed by atoms with Crippen molar-refractivity contribution in [2.75, 3.05) is 11.1 Å². The average Bonchev–Trinajstić information content (AvgIpc) is 3.24. The first-order valence-electron chi connectivity index (χ1n) is 6.50. The van der Waals surface area contributed by atoms with Crippen molar-refractivity contribution in [2.45, 2.75) is 19.4 Å². The minimum atomic E-state index is -0.193. The summed E-state index contributed by atoms with van der Waals surface area (Å²) in [6, 6.07) is 7.25. The Labute approximate surface area is 120 Å². The molecular weight excluding hydrogens is 276 g/mol. The SMILES string of the molecule is O=C(Nc1ccc(CN2C(=O)CSC2=O)cc1)C1CC1. The summed E-state index contributed by atoms with van der Waals surface area (Å²) in [4.78, 5) is 35.9. The van der Waals surface area contributed by atoms with Gasteiger partial charge in [-0.15, -0.1) is 0 Å². The van der Waals surface area contributed by atoms with Crippen LogP contribution in [-0.2, 0) is 16.1 Å². The van der Waals surface area contributed by atoms with Gasteiger partial charge in [0.25, 0.3) is 5.24 Å². The molecule has 3 amide bonds. The highest BCUT2D eigenvalue weighted by molar-refractivity contribution is 8.14. The van der Waals surface area contributed by atoms with Crippen LogP contribution in [0.3, 0.4) is 0 Å². The minimum Gasteiger partial charge on any atom is -0.326 e. The molecule has 2 fully saturated rings. The molecule has 5 nitrogen and oxygen atoms in total. The minimum absolute atomic E-state index is 0.0686. The molecule has 1 saturated carbocycles. The number of nitrogens with one attached hydrogen (secondary N) is 1. The Kier molecular flexibility index (Phi) is 3.48. The van der Waals surface area contributed by atoms with Crippen molar-refractivity contribution in [3.05, 3.63) is 29.8 Å². The van der Waals surface area contributed by atoms with E-state index < -0.39 is 0 Å². The molecule has 0 atom stereocenters. The van der Waals surface area contributed by atoms with E-state index in [2.05, 4.69) is 5.32 Å². The number of benzene rings is 1. The zero-order valence-electron chi connectivity index (χ0n) is 10.8. The van der Waals surface area contributed by atoms with Crippen molar-refractivity contribution >= 4 is 34.5 Å². The van der Waals surface area contributed by atoms with Crippen LogP contribution in [0.1, 0.15) is 18.4 Å². The highest BCUT2D eigenvalue weighted by atomic mass is 32.2. The predicted molar refractivity (Wildman–Crippen MR) is 76.2 cm³/mol. The van der Waals surface area contributed by atoms with E-state index in [0.717, 1.165) is 35.9 Å². The van der Waals surface area contributed by atoms with Crippen LogP contribution in [0.4, 0.5) is 10.5 Å². The van der Waals surface area contributed by atoms with Crippen LogP contribution in [-0.4, -0.2) is 27.7 Å². The monoisotopic (exact) mass is 290 g/mol. The summed E-state index contributed by atoms with van der Waals surface area (Å²) in [6.45, 7) is 0.293. The van der Waals surface area contributed by atoms with Crippen LogP contribution < -0.4 is 5.32 Å². The number of hydrogen-bond acceptors (Lipinski definition) is 4. The van der Waals surface area contributed by atoms with Crippen LogP contribution in [0.15, 0.2) is 24.3 Å². The van der Waals surface area contributed by atoms with Crippen molar-refractivity contribution in [3.8, 4) is 0 Å². The van der Waals surface area contributed by atoms with E-state index in [1.165, 1.54) is 4.90 Å². The molecule has 20 heavy (non-hydrogen) atoms. The van der Waals surface area contributed by atoms with Crippen molar-refractivity contribution in [1.82, 2.24) is 4.90 Å². The third-order valence-electron chi connectivity index (χ3n) is 3.35. The first-order valence-corrected chi connectivity index (χ1v) is 7.49. The van der Waals surface area contributed by atoms with E-state index in [-0.39, 0.29) is 28.7 Å². The summed E-state index contributed by atoms with van der Waals surface area (Å²) >= 11 is 1.03. The highest BCUT2D eigenvalue weighted by Crippen LogP contribution is 2.30. The summed E-state index contributed by atoms with van der Waals surface area (Å²) in [5.74, 6) is 0.325. The number of carbonyl (C=O) groups excluding carboxylic acids is 3. The van der Waals surface area contributed by atoms with E-state index in [9.17, 15) is 14.4 Å². The zero-order chi connectivity index (χ0) is 14.1. The van der Waals surface area contributed by atoms with Gasteiger partial charge in [0.1, 0.15) is 0 Å². The van der Waals surface area contributed by atoms with E-state index in [4.69, 9.17) is 0 Å². The molecule has 1 aliphatic heterocycles. The van der Waals surface area contributed by atoms with Crippen LogP contribution in [0.5, 0.6) is 0 Å². The molecule has 104 valence electrons.